The zero-order chi connectivity index (χ0) is 33.4. The van der Waals surface area contributed by atoms with Crippen LogP contribution in [0.5, 0.6) is 11.5 Å². The first-order valence-electron chi connectivity index (χ1n) is 16.5. The number of hydrazone groups is 1. The second-order valence-corrected chi connectivity index (χ2v) is 12.4. The van der Waals surface area contributed by atoms with Gasteiger partial charge < -0.3 is 9.47 Å². The number of carbonyl (C=O) groups is 3. The maximum Gasteiger partial charge on any atom is 0.264 e. The number of imide groups is 1. The molecule has 0 unspecified atom stereocenters. The van der Waals surface area contributed by atoms with Gasteiger partial charge >= 0.3 is 0 Å². The molecule has 0 spiro atoms. The summed E-state index contributed by atoms with van der Waals surface area (Å²) in [6.45, 7) is 6.74. The van der Waals surface area contributed by atoms with Gasteiger partial charge in [-0.25, -0.2) is 9.91 Å². The number of carbonyl (C=O) groups excluding carboxylic acids is 3. The fourth-order valence-corrected chi connectivity index (χ4v) is 7.01. The first-order valence-corrected chi connectivity index (χ1v) is 16.5. The summed E-state index contributed by atoms with van der Waals surface area (Å²) in [5.41, 5.74) is 5.44. The number of fused-ring (bicyclic) bond motifs is 2. The second kappa shape index (κ2) is 13.1. The summed E-state index contributed by atoms with van der Waals surface area (Å²) >= 11 is 0. The molecule has 7 rings (SSSR count). The minimum Gasteiger partial charge on any atom is -0.494 e. The third-order valence-electron chi connectivity index (χ3n) is 9.27. The van der Waals surface area contributed by atoms with Crippen LogP contribution in [0.1, 0.15) is 55.8 Å². The van der Waals surface area contributed by atoms with Crippen LogP contribution in [-0.4, -0.2) is 65.3 Å². The molecule has 4 atom stereocenters. The Hall–Kier alpha value is -5.32. The lowest BCUT2D eigenvalue weighted by atomic mass is 9.77. The van der Waals surface area contributed by atoms with Crippen LogP contribution >= 0.6 is 0 Å². The van der Waals surface area contributed by atoms with Crippen LogP contribution in [-0.2, 0) is 14.4 Å². The van der Waals surface area contributed by atoms with Crippen LogP contribution in [0.4, 0.5) is 5.69 Å². The standard InChI is InChI=1S/C37H38N6O5/c1-4-47-28-17-11-24(12-18-28)21-26-7-6-8-30-32(26)39-43(34(30)25-13-19-29(20-14-25)48-5-2)31(44)22-41-35-33(38-40-41)36(45)42(37(35)46)27-15-9-23(3)10-16-27/h9-21,30,33-35H,4-8,22H2,1-3H3/b26-21+/t30-,33+,34-,35+/m1/s1. The number of benzene rings is 3. The average Bonchev–Trinajstić information content (AvgIpc) is 3.76. The van der Waals surface area contributed by atoms with Gasteiger partial charge in [-0.15, -0.1) is 0 Å². The van der Waals surface area contributed by atoms with E-state index in [0.29, 0.717) is 18.9 Å². The molecule has 1 aliphatic carbocycles. The predicted molar refractivity (Wildman–Crippen MR) is 180 cm³/mol. The monoisotopic (exact) mass is 646 g/mol. The maximum absolute atomic E-state index is 14.2. The van der Waals surface area contributed by atoms with E-state index in [-0.39, 0.29) is 24.4 Å². The number of ether oxygens (including phenoxy) is 2. The number of amides is 3. The van der Waals surface area contributed by atoms with E-state index in [0.717, 1.165) is 63.6 Å². The number of allylic oxidation sites excluding steroid dienone is 1. The van der Waals surface area contributed by atoms with Crippen molar-refractivity contribution in [2.24, 2.45) is 21.4 Å². The SMILES string of the molecule is CCOc1ccc(/C=C2\CCC[C@@H]3C2=NN(C(=O)CN2N=N[C@@H]4C(=O)N(c5ccc(C)cc5)C(=O)[C@H]42)[C@@H]3c2ccc(OCC)cc2)cc1. The van der Waals surface area contributed by atoms with E-state index in [1.54, 1.807) is 17.1 Å². The van der Waals surface area contributed by atoms with Gasteiger partial charge in [-0.3, -0.25) is 19.4 Å². The fourth-order valence-electron chi connectivity index (χ4n) is 7.01. The van der Waals surface area contributed by atoms with Crippen molar-refractivity contribution < 1.29 is 23.9 Å². The zero-order valence-corrected chi connectivity index (χ0v) is 27.3. The maximum atomic E-state index is 14.2. The van der Waals surface area contributed by atoms with Gasteiger partial charge in [0.15, 0.2) is 12.1 Å². The van der Waals surface area contributed by atoms with Gasteiger partial charge in [-0.1, -0.05) is 47.2 Å². The third-order valence-corrected chi connectivity index (χ3v) is 9.27. The van der Waals surface area contributed by atoms with E-state index in [2.05, 4.69) is 16.4 Å². The molecule has 3 aliphatic heterocycles. The minimum absolute atomic E-state index is 0.0192. The van der Waals surface area contributed by atoms with Crippen molar-refractivity contribution >= 4 is 35.2 Å². The molecule has 3 heterocycles. The van der Waals surface area contributed by atoms with Crippen molar-refractivity contribution in [1.82, 2.24) is 10.0 Å². The highest BCUT2D eigenvalue weighted by molar-refractivity contribution is 6.25. The van der Waals surface area contributed by atoms with Crippen LogP contribution < -0.4 is 14.4 Å². The van der Waals surface area contributed by atoms with Crippen LogP contribution in [0, 0.1) is 12.8 Å². The summed E-state index contributed by atoms with van der Waals surface area (Å²) in [5, 5.41) is 16.2. The van der Waals surface area contributed by atoms with Gasteiger partial charge in [0.25, 0.3) is 17.7 Å². The van der Waals surface area contributed by atoms with E-state index in [1.165, 1.54) is 5.01 Å². The Labute approximate surface area is 279 Å². The molecule has 48 heavy (non-hydrogen) atoms. The van der Waals surface area contributed by atoms with Crippen molar-refractivity contribution in [1.29, 1.82) is 0 Å². The third kappa shape index (κ3) is 5.74. The summed E-state index contributed by atoms with van der Waals surface area (Å²) in [5.74, 6) is 0.327. The lowest BCUT2D eigenvalue weighted by Gasteiger charge is -2.30. The number of hydrogen-bond acceptors (Lipinski definition) is 9. The molecule has 0 bridgehead atoms. The molecule has 0 radical (unpaired) electrons. The van der Waals surface area contributed by atoms with Crippen molar-refractivity contribution in [3.05, 3.63) is 95.1 Å². The molecular formula is C37H38N6O5. The molecule has 3 aromatic rings. The Kier molecular flexibility index (Phi) is 8.51. The quantitative estimate of drug-likeness (QED) is 0.267. The molecule has 3 amide bonds. The van der Waals surface area contributed by atoms with Gasteiger partial charge in [-0.2, -0.15) is 10.2 Å². The highest BCUT2D eigenvalue weighted by atomic mass is 16.5. The van der Waals surface area contributed by atoms with E-state index in [9.17, 15) is 14.4 Å². The molecule has 11 nitrogen and oxygen atoms in total. The Morgan fingerprint density at radius 1 is 0.875 bits per heavy atom. The normalized spacial score (nSPS) is 23.9. The zero-order valence-electron chi connectivity index (χ0n) is 27.3. The number of hydrogen-bond donors (Lipinski definition) is 0. The van der Waals surface area contributed by atoms with Crippen molar-refractivity contribution in [3.8, 4) is 11.5 Å². The van der Waals surface area contributed by atoms with Gasteiger partial charge in [0.1, 0.15) is 18.0 Å². The number of rotatable bonds is 9. The van der Waals surface area contributed by atoms with Crippen LogP contribution in [0.25, 0.3) is 6.08 Å². The molecule has 11 heteroatoms. The fraction of sp³-hybridized carbons (Fsp3) is 0.351. The molecule has 4 aliphatic rings. The van der Waals surface area contributed by atoms with E-state index in [1.807, 2.05) is 81.4 Å². The second-order valence-electron chi connectivity index (χ2n) is 12.4. The molecule has 0 N–H and O–H groups in total. The number of anilines is 1. The van der Waals surface area contributed by atoms with Crippen molar-refractivity contribution in [2.45, 2.75) is 58.2 Å². The average molecular weight is 647 g/mol. The lowest BCUT2D eigenvalue weighted by molar-refractivity contribution is -0.136. The summed E-state index contributed by atoms with van der Waals surface area (Å²) in [7, 11) is 0. The van der Waals surface area contributed by atoms with E-state index < -0.39 is 23.9 Å². The first-order chi connectivity index (χ1) is 23.4. The van der Waals surface area contributed by atoms with E-state index >= 15 is 0 Å². The summed E-state index contributed by atoms with van der Waals surface area (Å²) < 4.78 is 11.3. The molecule has 3 aromatic carbocycles. The van der Waals surface area contributed by atoms with Gasteiger partial charge in [0.2, 0.25) is 0 Å². The molecule has 0 aromatic heterocycles. The Balaban J connectivity index is 1.18. The Morgan fingerprint density at radius 2 is 1.54 bits per heavy atom. The topological polar surface area (TPSA) is 116 Å². The number of aryl methyl sites for hydroxylation is 1. The van der Waals surface area contributed by atoms with Crippen LogP contribution in [0.15, 0.2) is 93.8 Å². The van der Waals surface area contributed by atoms with E-state index in [4.69, 9.17) is 14.6 Å². The lowest BCUT2D eigenvalue weighted by Crippen LogP contribution is -2.45. The first kappa shape index (κ1) is 31.3. The Bertz CT molecular complexity index is 1800. The van der Waals surface area contributed by atoms with Crippen molar-refractivity contribution in [2.75, 3.05) is 24.7 Å². The summed E-state index contributed by atoms with van der Waals surface area (Å²) in [6.07, 6.45) is 4.81. The number of nitrogens with zero attached hydrogens (tertiary/aromatic N) is 6. The van der Waals surface area contributed by atoms with Gasteiger partial charge in [0.05, 0.1) is 30.7 Å². The van der Waals surface area contributed by atoms with Crippen LogP contribution in [0.3, 0.4) is 0 Å². The summed E-state index contributed by atoms with van der Waals surface area (Å²) in [6, 6.07) is 20.6. The summed E-state index contributed by atoms with van der Waals surface area (Å²) in [4.78, 5) is 42.3. The Morgan fingerprint density at radius 3 is 2.21 bits per heavy atom. The molecule has 1 saturated carbocycles. The molecular weight excluding hydrogens is 608 g/mol. The minimum atomic E-state index is -0.996. The highest BCUT2D eigenvalue weighted by Gasteiger charge is 2.55. The van der Waals surface area contributed by atoms with Crippen LogP contribution in [0.2, 0.25) is 0 Å². The van der Waals surface area contributed by atoms with Gasteiger partial charge in [0, 0.05) is 5.92 Å². The molecule has 246 valence electrons. The van der Waals surface area contributed by atoms with Gasteiger partial charge in [-0.05, 0) is 99.2 Å². The predicted octanol–water partition coefficient (Wildman–Crippen LogP) is 5.91. The smallest absolute Gasteiger partial charge is 0.264 e. The highest BCUT2D eigenvalue weighted by Crippen LogP contribution is 2.45. The molecule has 2 fully saturated rings. The largest absolute Gasteiger partial charge is 0.494 e. The van der Waals surface area contributed by atoms with Crippen molar-refractivity contribution in [3.63, 3.8) is 0 Å². The molecule has 1 saturated heterocycles.